The first-order valence-corrected chi connectivity index (χ1v) is 6.08. The van der Waals surface area contributed by atoms with Crippen LogP contribution in [0.1, 0.15) is 17.3 Å². The molecule has 0 aliphatic heterocycles. The van der Waals surface area contributed by atoms with Gasteiger partial charge in [0.05, 0.1) is 29.8 Å². The average molecular weight is 269 g/mol. The Morgan fingerprint density at radius 1 is 1.10 bits per heavy atom. The van der Waals surface area contributed by atoms with Gasteiger partial charge in [-0.15, -0.1) is 5.10 Å². The van der Waals surface area contributed by atoms with Gasteiger partial charge < -0.3 is 5.73 Å². The van der Waals surface area contributed by atoms with E-state index in [1.165, 1.54) is 12.4 Å². The molecule has 1 aromatic carbocycles. The molecule has 3 aromatic rings. The van der Waals surface area contributed by atoms with Crippen molar-refractivity contribution in [1.29, 1.82) is 0 Å². The summed E-state index contributed by atoms with van der Waals surface area (Å²) < 4.78 is 15.4. The number of para-hydroxylation sites is 1. The molecule has 0 saturated carbocycles. The van der Waals surface area contributed by atoms with Crippen LogP contribution in [0.2, 0.25) is 0 Å². The van der Waals surface area contributed by atoms with E-state index in [0.29, 0.717) is 11.3 Å². The molecule has 0 fully saturated rings. The lowest BCUT2D eigenvalue weighted by Gasteiger charge is -2.14. The normalized spacial score (nSPS) is 12.3. The molecule has 5 nitrogen and oxygen atoms in total. The van der Waals surface area contributed by atoms with Crippen molar-refractivity contribution in [2.24, 2.45) is 5.73 Å². The first-order valence-electron chi connectivity index (χ1n) is 6.08. The number of aromatic nitrogens is 4. The Morgan fingerprint density at radius 3 is 2.65 bits per heavy atom. The number of hydrogen-bond acceptors (Lipinski definition) is 4. The predicted octanol–water partition coefficient (Wildman–Crippen LogP) is 1.85. The van der Waals surface area contributed by atoms with Crippen LogP contribution in [-0.2, 0) is 0 Å². The van der Waals surface area contributed by atoms with Gasteiger partial charge in [0.15, 0.2) is 0 Å². The molecule has 0 amide bonds. The lowest BCUT2D eigenvalue weighted by Crippen LogP contribution is -2.18. The molecule has 6 heteroatoms. The lowest BCUT2D eigenvalue weighted by molar-refractivity contribution is 0.586. The van der Waals surface area contributed by atoms with Gasteiger partial charge in [0, 0.05) is 11.8 Å². The Kier molecular flexibility index (Phi) is 3.22. The van der Waals surface area contributed by atoms with Crippen LogP contribution in [0.15, 0.2) is 55.0 Å². The van der Waals surface area contributed by atoms with Crippen LogP contribution < -0.4 is 5.73 Å². The zero-order chi connectivity index (χ0) is 13.9. The fourth-order valence-electron chi connectivity index (χ4n) is 2.02. The molecule has 0 radical (unpaired) electrons. The molecule has 0 aliphatic carbocycles. The van der Waals surface area contributed by atoms with E-state index in [-0.39, 0.29) is 0 Å². The lowest BCUT2D eigenvalue weighted by atomic mass is 10.1. The Labute approximate surface area is 114 Å². The second-order valence-corrected chi connectivity index (χ2v) is 4.28. The number of halogens is 1. The fraction of sp³-hybridized carbons (Fsp3) is 0.0714. The molecule has 0 bridgehead atoms. The van der Waals surface area contributed by atoms with Crippen molar-refractivity contribution in [2.45, 2.75) is 6.04 Å². The molecule has 3 rings (SSSR count). The van der Waals surface area contributed by atoms with Gasteiger partial charge in [0.1, 0.15) is 5.82 Å². The highest BCUT2D eigenvalue weighted by molar-refractivity contribution is 5.35. The summed E-state index contributed by atoms with van der Waals surface area (Å²) in [7, 11) is 0. The second-order valence-electron chi connectivity index (χ2n) is 4.28. The number of nitrogens with zero attached hydrogens (tertiary/aromatic N) is 4. The van der Waals surface area contributed by atoms with E-state index in [4.69, 9.17) is 5.73 Å². The number of hydrogen-bond donors (Lipinski definition) is 1. The minimum atomic E-state index is -0.659. The quantitative estimate of drug-likeness (QED) is 0.787. The molecular formula is C14H12FN5. The number of nitrogens with two attached hydrogens (primary N) is 1. The van der Waals surface area contributed by atoms with Gasteiger partial charge in [0.25, 0.3) is 0 Å². The molecule has 0 saturated heterocycles. The van der Waals surface area contributed by atoms with Crippen LogP contribution >= 0.6 is 0 Å². The Bertz CT molecular complexity index is 710. The Morgan fingerprint density at radius 2 is 1.90 bits per heavy atom. The van der Waals surface area contributed by atoms with Crippen molar-refractivity contribution in [1.82, 2.24) is 20.0 Å². The summed E-state index contributed by atoms with van der Waals surface area (Å²) in [5.41, 5.74) is 7.93. The van der Waals surface area contributed by atoms with Gasteiger partial charge in [0.2, 0.25) is 0 Å². The third-order valence-electron chi connectivity index (χ3n) is 3.03. The highest BCUT2D eigenvalue weighted by atomic mass is 19.1. The standard InChI is InChI=1S/C14H12FN5/c15-12-8-17-7-6-11(12)14(16)13-9-18-19-20(13)10-4-2-1-3-5-10/h1-9,14H,16H2. The monoisotopic (exact) mass is 269 g/mol. The minimum absolute atomic E-state index is 0.361. The molecule has 1 atom stereocenters. The van der Waals surface area contributed by atoms with Crippen molar-refractivity contribution < 1.29 is 4.39 Å². The van der Waals surface area contributed by atoms with Gasteiger partial charge in [-0.2, -0.15) is 0 Å². The van der Waals surface area contributed by atoms with E-state index in [9.17, 15) is 4.39 Å². The summed E-state index contributed by atoms with van der Waals surface area (Å²) in [4.78, 5) is 3.72. The van der Waals surface area contributed by atoms with Crippen LogP contribution in [0, 0.1) is 5.82 Å². The van der Waals surface area contributed by atoms with Crippen LogP contribution in [0.3, 0.4) is 0 Å². The molecular weight excluding hydrogens is 257 g/mol. The molecule has 2 aromatic heterocycles. The molecule has 0 spiro atoms. The maximum atomic E-state index is 13.8. The maximum absolute atomic E-state index is 13.8. The van der Waals surface area contributed by atoms with E-state index >= 15 is 0 Å². The molecule has 0 aliphatic rings. The molecule has 1 unspecified atom stereocenters. The van der Waals surface area contributed by atoms with Gasteiger partial charge >= 0.3 is 0 Å². The topological polar surface area (TPSA) is 69.6 Å². The van der Waals surface area contributed by atoms with Crippen molar-refractivity contribution >= 4 is 0 Å². The number of pyridine rings is 1. The van der Waals surface area contributed by atoms with Gasteiger partial charge in [-0.25, -0.2) is 9.07 Å². The third-order valence-corrected chi connectivity index (χ3v) is 3.03. The SMILES string of the molecule is NC(c1ccncc1F)c1cnnn1-c1ccccc1. The zero-order valence-corrected chi connectivity index (χ0v) is 10.5. The molecule has 2 N–H and O–H groups in total. The number of rotatable bonds is 3. The zero-order valence-electron chi connectivity index (χ0n) is 10.5. The molecule has 20 heavy (non-hydrogen) atoms. The van der Waals surface area contributed by atoms with E-state index in [1.54, 1.807) is 10.7 Å². The summed E-state index contributed by atoms with van der Waals surface area (Å²) in [6.45, 7) is 0. The first kappa shape index (κ1) is 12.4. The van der Waals surface area contributed by atoms with E-state index in [2.05, 4.69) is 15.3 Å². The summed E-state index contributed by atoms with van der Waals surface area (Å²) in [5.74, 6) is -0.444. The van der Waals surface area contributed by atoms with Crippen LogP contribution in [0.5, 0.6) is 0 Å². The van der Waals surface area contributed by atoms with Crippen molar-refractivity contribution in [3.63, 3.8) is 0 Å². The minimum Gasteiger partial charge on any atom is -0.319 e. The Balaban J connectivity index is 2.04. The van der Waals surface area contributed by atoms with Gasteiger partial charge in [-0.1, -0.05) is 23.4 Å². The smallest absolute Gasteiger partial charge is 0.146 e. The van der Waals surface area contributed by atoms with Gasteiger partial charge in [-0.05, 0) is 18.2 Å². The van der Waals surface area contributed by atoms with Crippen LogP contribution in [0.4, 0.5) is 4.39 Å². The van der Waals surface area contributed by atoms with Gasteiger partial charge in [-0.3, -0.25) is 4.98 Å². The van der Waals surface area contributed by atoms with Crippen LogP contribution in [-0.4, -0.2) is 20.0 Å². The van der Waals surface area contributed by atoms with E-state index in [1.807, 2.05) is 30.3 Å². The summed E-state index contributed by atoms with van der Waals surface area (Å²) >= 11 is 0. The maximum Gasteiger partial charge on any atom is 0.146 e. The van der Waals surface area contributed by atoms with E-state index < -0.39 is 11.9 Å². The summed E-state index contributed by atoms with van der Waals surface area (Å²) in [6.07, 6.45) is 4.19. The predicted molar refractivity (Wildman–Crippen MR) is 71.6 cm³/mol. The van der Waals surface area contributed by atoms with Crippen molar-refractivity contribution in [2.75, 3.05) is 0 Å². The molecule has 100 valence electrons. The van der Waals surface area contributed by atoms with Crippen molar-refractivity contribution in [3.05, 3.63) is 72.1 Å². The van der Waals surface area contributed by atoms with E-state index in [0.717, 1.165) is 11.9 Å². The third kappa shape index (κ3) is 2.17. The summed E-state index contributed by atoms with van der Waals surface area (Å²) in [5, 5.41) is 7.88. The van der Waals surface area contributed by atoms with Crippen molar-refractivity contribution in [3.8, 4) is 5.69 Å². The largest absolute Gasteiger partial charge is 0.319 e. The highest BCUT2D eigenvalue weighted by Crippen LogP contribution is 2.22. The number of benzene rings is 1. The Hall–Kier alpha value is -2.60. The molecule has 2 heterocycles. The average Bonchev–Trinajstić information content (AvgIpc) is 2.97. The fourth-order valence-corrected chi connectivity index (χ4v) is 2.02. The highest BCUT2D eigenvalue weighted by Gasteiger charge is 2.19. The first-order chi connectivity index (χ1) is 9.77. The summed E-state index contributed by atoms with van der Waals surface area (Å²) in [6, 6.07) is 10.3. The van der Waals surface area contributed by atoms with Crippen LogP contribution in [0.25, 0.3) is 5.69 Å². The second kappa shape index (κ2) is 5.18.